The number of aryl methyl sites for hydroxylation is 3. The highest BCUT2D eigenvalue weighted by molar-refractivity contribution is 6.07. The van der Waals surface area contributed by atoms with Gasteiger partial charge in [-0.15, -0.1) is 0 Å². The summed E-state index contributed by atoms with van der Waals surface area (Å²) in [5.74, 6) is 0.409. The second kappa shape index (κ2) is 16.6. The number of nitrogens with zero attached hydrogens (tertiary/aromatic N) is 3. The van der Waals surface area contributed by atoms with Crippen LogP contribution in [0.25, 0.3) is 22.2 Å². The van der Waals surface area contributed by atoms with E-state index in [-0.39, 0.29) is 23.1 Å². The topological polar surface area (TPSA) is 79.3 Å². The summed E-state index contributed by atoms with van der Waals surface area (Å²) in [6.45, 7) is 16.4. The van der Waals surface area contributed by atoms with E-state index in [4.69, 9.17) is 4.98 Å². The van der Waals surface area contributed by atoms with Crippen molar-refractivity contribution >= 4 is 28.4 Å². The summed E-state index contributed by atoms with van der Waals surface area (Å²) in [5.41, 5.74) is 7.37. The molecule has 0 spiro atoms. The van der Waals surface area contributed by atoms with Gasteiger partial charge in [-0.3, -0.25) is 9.36 Å². The van der Waals surface area contributed by atoms with E-state index in [0.29, 0.717) is 24.2 Å². The van der Waals surface area contributed by atoms with E-state index in [1.54, 1.807) is 10.8 Å². The summed E-state index contributed by atoms with van der Waals surface area (Å²) < 4.78 is 1.71. The Bertz CT molecular complexity index is 1900. The van der Waals surface area contributed by atoms with Gasteiger partial charge in [0.05, 0.1) is 0 Å². The third kappa shape index (κ3) is 8.46. The molecule has 2 aromatic heterocycles. The fourth-order valence-electron chi connectivity index (χ4n) is 6.67. The fourth-order valence-corrected chi connectivity index (χ4v) is 6.67. The molecular weight excluding hydrogens is 606 g/mol. The number of pyridine rings is 2. The molecule has 0 aliphatic carbocycles. The number of carbonyl (C=O) groups excluding carboxylic acids is 1. The average Bonchev–Trinajstić information content (AvgIpc) is 3.10. The molecule has 0 bridgehead atoms. The average molecular weight is 658 g/mol. The van der Waals surface area contributed by atoms with Crippen molar-refractivity contribution in [2.45, 2.75) is 79.2 Å². The summed E-state index contributed by atoms with van der Waals surface area (Å²) in [5, 5.41) is 7.04. The second-order valence-electron chi connectivity index (χ2n) is 13.3. The SMILES string of the molecule is CCN(CC)CCCc1cccc(-c2c(NC(=O)Nc3c(C(C)C)cccc3C(C)C)c(=O)n(CCc3ccccc3)c3ncccc23)c1. The Morgan fingerprint density at radius 2 is 1.43 bits per heavy atom. The number of aromatic nitrogens is 2. The molecule has 7 nitrogen and oxygen atoms in total. The van der Waals surface area contributed by atoms with Crippen molar-refractivity contribution in [3.05, 3.63) is 124 Å². The first kappa shape index (κ1) is 35.6. The number of nitrogens with one attached hydrogen (secondary N) is 2. The molecule has 49 heavy (non-hydrogen) atoms. The van der Waals surface area contributed by atoms with Crippen LogP contribution in [-0.4, -0.2) is 40.1 Å². The Balaban J connectivity index is 1.61. The summed E-state index contributed by atoms with van der Waals surface area (Å²) in [4.78, 5) is 35.8. The van der Waals surface area contributed by atoms with E-state index in [0.717, 1.165) is 65.8 Å². The van der Waals surface area contributed by atoms with Gasteiger partial charge in [-0.05, 0) is 90.7 Å². The molecule has 5 rings (SSSR count). The summed E-state index contributed by atoms with van der Waals surface area (Å²) >= 11 is 0. The predicted octanol–water partition coefficient (Wildman–Crippen LogP) is 9.47. The van der Waals surface area contributed by atoms with Crippen LogP contribution in [0, 0.1) is 0 Å². The standard InChI is InChI=1S/C42H51N5O2/c1-7-46(8-2)26-15-19-32-18-12-20-33(28-32)37-36-23-14-25-43-40(36)47(27-24-31-16-10-9-11-17-31)41(48)39(37)45-42(49)44-38-34(29(3)4)21-13-22-35(38)30(5)6/h9-14,16-18,20-23,25,28-30H,7-8,15,19,24,26-27H2,1-6H3,(H2,44,45,49). The highest BCUT2D eigenvalue weighted by atomic mass is 16.2. The lowest BCUT2D eigenvalue weighted by molar-refractivity contribution is 0.262. The van der Waals surface area contributed by atoms with Crippen LogP contribution in [-0.2, 0) is 19.4 Å². The molecule has 3 aromatic carbocycles. The molecule has 2 heterocycles. The summed E-state index contributed by atoms with van der Waals surface area (Å²) in [7, 11) is 0. The van der Waals surface area contributed by atoms with E-state index < -0.39 is 6.03 Å². The highest BCUT2D eigenvalue weighted by Crippen LogP contribution is 2.35. The van der Waals surface area contributed by atoms with Gasteiger partial charge in [0.1, 0.15) is 11.3 Å². The minimum absolute atomic E-state index is 0.205. The lowest BCUT2D eigenvalue weighted by Gasteiger charge is -2.22. The van der Waals surface area contributed by atoms with Crippen molar-refractivity contribution in [3.63, 3.8) is 0 Å². The van der Waals surface area contributed by atoms with E-state index in [1.165, 1.54) is 5.56 Å². The molecule has 0 saturated carbocycles. The normalized spacial score (nSPS) is 11.5. The van der Waals surface area contributed by atoms with Crippen LogP contribution in [0.5, 0.6) is 0 Å². The van der Waals surface area contributed by atoms with Crippen LogP contribution in [0.3, 0.4) is 0 Å². The maximum Gasteiger partial charge on any atom is 0.323 e. The third-order valence-corrected chi connectivity index (χ3v) is 9.39. The molecule has 256 valence electrons. The number of hydrogen-bond acceptors (Lipinski definition) is 4. The molecule has 0 unspecified atom stereocenters. The Morgan fingerprint density at radius 1 is 0.776 bits per heavy atom. The van der Waals surface area contributed by atoms with Gasteiger partial charge >= 0.3 is 6.03 Å². The number of rotatable bonds is 14. The van der Waals surface area contributed by atoms with Gasteiger partial charge in [-0.2, -0.15) is 0 Å². The molecular formula is C42H51N5O2. The zero-order chi connectivity index (χ0) is 34.9. The molecule has 0 aliphatic heterocycles. The van der Waals surface area contributed by atoms with Crippen LogP contribution < -0.4 is 16.2 Å². The quantitative estimate of drug-likeness (QED) is 0.125. The maximum absolute atomic E-state index is 14.6. The van der Waals surface area contributed by atoms with Crippen LogP contribution in [0.4, 0.5) is 16.2 Å². The molecule has 0 aliphatic rings. The smallest absolute Gasteiger partial charge is 0.307 e. The Labute approximate surface area is 291 Å². The maximum atomic E-state index is 14.6. The van der Waals surface area contributed by atoms with Crippen molar-refractivity contribution < 1.29 is 4.79 Å². The van der Waals surface area contributed by atoms with E-state index in [9.17, 15) is 9.59 Å². The highest BCUT2D eigenvalue weighted by Gasteiger charge is 2.23. The number of para-hydroxylation sites is 1. The summed E-state index contributed by atoms with van der Waals surface area (Å²) in [6, 6.07) is 28.1. The van der Waals surface area contributed by atoms with Crippen molar-refractivity contribution in [1.29, 1.82) is 0 Å². The van der Waals surface area contributed by atoms with Gasteiger partial charge in [-0.1, -0.05) is 114 Å². The fraction of sp³-hybridized carbons (Fsp3) is 0.357. The zero-order valence-corrected chi connectivity index (χ0v) is 29.9. The van der Waals surface area contributed by atoms with E-state index >= 15 is 0 Å². The molecule has 5 aromatic rings. The lowest BCUT2D eigenvalue weighted by Crippen LogP contribution is -2.31. The molecule has 2 amide bonds. The number of fused-ring (bicyclic) bond motifs is 1. The molecule has 0 fully saturated rings. The minimum Gasteiger partial charge on any atom is -0.307 e. The van der Waals surface area contributed by atoms with Gasteiger partial charge in [0.2, 0.25) is 0 Å². The van der Waals surface area contributed by atoms with Crippen LogP contribution in [0.1, 0.15) is 82.1 Å². The van der Waals surface area contributed by atoms with Crippen LogP contribution >= 0.6 is 0 Å². The number of benzene rings is 3. The molecule has 0 atom stereocenters. The van der Waals surface area contributed by atoms with Gasteiger partial charge in [0.15, 0.2) is 0 Å². The molecule has 7 heteroatoms. The third-order valence-electron chi connectivity index (χ3n) is 9.39. The van der Waals surface area contributed by atoms with Gasteiger partial charge in [0.25, 0.3) is 5.56 Å². The van der Waals surface area contributed by atoms with Crippen molar-refractivity contribution in [2.24, 2.45) is 0 Å². The molecule has 2 N–H and O–H groups in total. The van der Waals surface area contributed by atoms with Gasteiger partial charge in [-0.25, -0.2) is 9.78 Å². The second-order valence-corrected chi connectivity index (χ2v) is 13.3. The zero-order valence-electron chi connectivity index (χ0n) is 29.9. The molecule has 0 radical (unpaired) electrons. The monoisotopic (exact) mass is 657 g/mol. The van der Waals surface area contributed by atoms with Crippen LogP contribution in [0.15, 0.2) is 95.9 Å². The largest absolute Gasteiger partial charge is 0.323 e. The summed E-state index contributed by atoms with van der Waals surface area (Å²) in [6.07, 6.45) is 4.33. The number of urea groups is 1. The lowest BCUT2D eigenvalue weighted by atomic mass is 9.93. The van der Waals surface area contributed by atoms with Crippen LogP contribution in [0.2, 0.25) is 0 Å². The number of carbonyl (C=O) groups is 1. The number of amides is 2. The predicted molar refractivity (Wildman–Crippen MR) is 205 cm³/mol. The van der Waals surface area contributed by atoms with Crippen molar-refractivity contribution in [2.75, 3.05) is 30.3 Å². The molecule has 0 saturated heterocycles. The van der Waals surface area contributed by atoms with Gasteiger partial charge < -0.3 is 15.5 Å². The Hall–Kier alpha value is -4.75. The van der Waals surface area contributed by atoms with Gasteiger partial charge in [0, 0.05) is 29.4 Å². The minimum atomic E-state index is -0.443. The van der Waals surface area contributed by atoms with Crippen molar-refractivity contribution in [1.82, 2.24) is 14.5 Å². The number of anilines is 2. The first-order chi connectivity index (χ1) is 23.7. The first-order valence-corrected chi connectivity index (χ1v) is 17.8. The Kier molecular flexibility index (Phi) is 12.0. The number of hydrogen-bond donors (Lipinski definition) is 2. The van der Waals surface area contributed by atoms with E-state index in [2.05, 4.69) is 93.5 Å². The van der Waals surface area contributed by atoms with E-state index in [1.807, 2.05) is 48.5 Å². The first-order valence-electron chi connectivity index (χ1n) is 17.8. The Morgan fingerprint density at radius 3 is 2.10 bits per heavy atom. The van der Waals surface area contributed by atoms with Crippen molar-refractivity contribution in [3.8, 4) is 11.1 Å².